The third-order valence-corrected chi connectivity index (χ3v) is 3.86. The van der Waals surface area contributed by atoms with Crippen LogP contribution in [0.1, 0.15) is 39.2 Å². The number of hydrogen-bond donors (Lipinski definition) is 1. The zero-order chi connectivity index (χ0) is 27.0. The van der Waals surface area contributed by atoms with E-state index in [2.05, 4.69) is 4.98 Å². The Morgan fingerprint density at radius 1 is 1.36 bits per heavy atom. The average Bonchev–Trinajstić information content (AvgIpc) is 2.67. The minimum atomic E-state index is -4.01. The summed E-state index contributed by atoms with van der Waals surface area (Å²) in [7, 11) is -4.01. The van der Waals surface area contributed by atoms with Crippen LogP contribution in [-0.4, -0.2) is 31.6 Å². The molecule has 2 rings (SSSR count). The maximum Gasteiger partial charge on any atom is 0.267 e. The first-order valence-electron chi connectivity index (χ1n) is 10.7. The number of ether oxygens (including phenoxy) is 2. The van der Waals surface area contributed by atoms with Crippen LogP contribution in [0.2, 0.25) is 5.02 Å². The second kappa shape index (κ2) is 8.70. The molecule has 2 aromatic rings. The van der Waals surface area contributed by atoms with E-state index in [-0.39, 0.29) is 11.3 Å². The summed E-state index contributed by atoms with van der Waals surface area (Å²) in [6, 6.07) is 2.10. The Bertz CT molecular complexity index is 1230. The van der Waals surface area contributed by atoms with Crippen molar-refractivity contribution >= 4 is 27.5 Å². The van der Waals surface area contributed by atoms with Crippen molar-refractivity contribution in [3.8, 4) is 11.6 Å². The maximum absolute atomic E-state index is 14.3. The van der Waals surface area contributed by atoms with Crippen molar-refractivity contribution in [2.75, 3.05) is 6.26 Å². The lowest BCUT2D eigenvalue weighted by atomic mass is 10.1. The fourth-order valence-corrected chi connectivity index (χ4v) is 2.56. The summed E-state index contributed by atoms with van der Waals surface area (Å²) >= 11 is 5.94. The quantitative estimate of drug-likeness (QED) is 0.709. The van der Waals surface area contributed by atoms with Crippen LogP contribution in [-0.2, 0) is 16.6 Å². The molecule has 152 valence electrons. The lowest BCUT2D eigenvalue weighted by Gasteiger charge is -2.12. The van der Waals surface area contributed by atoms with Crippen molar-refractivity contribution < 1.29 is 41.1 Å². The lowest BCUT2D eigenvalue weighted by Crippen LogP contribution is -2.30. The van der Waals surface area contributed by atoms with Crippen molar-refractivity contribution in [2.45, 2.75) is 26.4 Å². The molecule has 1 amide bonds. The highest BCUT2D eigenvalue weighted by atomic mass is 35.5. The highest BCUT2D eigenvalue weighted by Gasteiger charge is 2.19. The number of nitrogens with one attached hydrogen (secondary N) is 1. The van der Waals surface area contributed by atoms with Crippen molar-refractivity contribution in [3.63, 3.8) is 0 Å². The molecule has 7 nitrogen and oxygen atoms in total. The van der Waals surface area contributed by atoms with Gasteiger partial charge in [-0.05, 0) is 25.8 Å². The first kappa shape index (κ1) is 13.7. The summed E-state index contributed by atoms with van der Waals surface area (Å²) < 4.78 is 114. The van der Waals surface area contributed by atoms with Crippen LogP contribution in [0.25, 0.3) is 0 Å². The maximum atomic E-state index is 14.3. The third-order valence-electron chi connectivity index (χ3n) is 3.03. The Morgan fingerprint density at radius 2 is 2.07 bits per heavy atom. The summed E-state index contributed by atoms with van der Waals surface area (Å²) in [6.45, 7) is -7.41. The molecule has 11 heteroatoms. The first-order valence-corrected chi connectivity index (χ1v) is 9.49. The fraction of sp³-hybridized carbons (Fsp3) is 0.294. The third kappa shape index (κ3) is 6.03. The SMILES string of the molecule is [2H]C([2H])([2H])C([2H])(Oc1ncc(OCc2cc(F)c(C(=O)NS(C)(=O)=O)cc2F)cc1Cl)C([2H])([2H])[2H]. The van der Waals surface area contributed by atoms with Crippen LogP contribution in [0, 0.1) is 11.6 Å². The number of benzene rings is 1. The van der Waals surface area contributed by atoms with E-state index in [1.165, 1.54) is 4.72 Å². The molecule has 0 fully saturated rings. The van der Waals surface area contributed by atoms with Crippen molar-refractivity contribution in [1.29, 1.82) is 0 Å². The van der Waals surface area contributed by atoms with Crippen LogP contribution in [0.5, 0.6) is 11.6 Å². The van der Waals surface area contributed by atoms with Gasteiger partial charge < -0.3 is 9.47 Å². The highest BCUT2D eigenvalue weighted by molar-refractivity contribution is 7.89. The molecule has 0 bridgehead atoms. The predicted octanol–water partition coefficient (Wildman–Crippen LogP) is 3.07. The summed E-state index contributed by atoms with van der Waals surface area (Å²) in [4.78, 5) is 15.4. The van der Waals surface area contributed by atoms with Gasteiger partial charge >= 0.3 is 0 Å². The monoisotopic (exact) mass is 441 g/mol. The molecule has 0 atom stereocenters. The van der Waals surface area contributed by atoms with Crippen LogP contribution >= 0.6 is 11.6 Å². The molecule has 1 aromatic carbocycles. The lowest BCUT2D eigenvalue weighted by molar-refractivity contribution is 0.0977. The standard InChI is InChI=1S/C17H17ClF2N2O5S/c1-9(2)27-17-13(18)5-11(7-21-17)26-8-10-4-15(20)12(6-14(10)19)16(23)22-28(3,24)25/h4-7,9H,8H2,1-3H3,(H,22,23)/i1D3,2D3,9D. The van der Waals surface area contributed by atoms with Gasteiger partial charge in [-0.3, -0.25) is 4.79 Å². The largest absolute Gasteiger partial charge is 0.487 e. The van der Waals surface area contributed by atoms with E-state index in [4.69, 9.17) is 30.7 Å². The van der Waals surface area contributed by atoms with Crippen LogP contribution < -0.4 is 14.2 Å². The molecule has 0 spiro atoms. The Kier molecular flexibility index (Phi) is 4.25. The van der Waals surface area contributed by atoms with Gasteiger partial charge in [0.1, 0.15) is 29.0 Å². The van der Waals surface area contributed by atoms with Crippen molar-refractivity contribution in [2.24, 2.45) is 0 Å². The number of nitrogens with zero attached hydrogens (tertiary/aromatic N) is 1. The van der Waals surface area contributed by atoms with E-state index in [0.717, 1.165) is 12.3 Å². The van der Waals surface area contributed by atoms with Gasteiger partial charge in [-0.15, -0.1) is 0 Å². The van der Waals surface area contributed by atoms with E-state index < -0.39 is 70.4 Å². The molecular formula is C17H17ClF2N2O5S. The number of carbonyl (C=O) groups excluding carboxylic acids is 1. The van der Waals surface area contributed by atoms with Gasteiger partial charge in [0.05, 0.1) is 25.5 Å². The average molecular weight is 442 g/mol. The number of hydrogen-bond acceptors (Lipinski definition) is 6. The van der Waals surface area contributed by atoms with Gasteiger partial charge in [0, 0.05) is 19.9 Å². The minimum absolute atomic E-state index is 0.153. The molecule has 0 saturated carbocycles. The van der Waals surface area contributed by atoms with Crippen LogP contribution in [0.3, 0.4) is 0 Å². The topological polar surface area (TPSA) is 94.6 Å². The minimum Gasteiger partial charge on any atom is -0.487 e. The summed E-state index contributed by atoms with van der Waals surface area (Å²) in [6.07, 6.45) is -1.82. The Morgan fingerprint density at radius 3 is 2.68 bits per heavy atom. The number of halogens is 3. The molecule has 0 aliphatic carbocycles. The molecular weight excluding hydrogens is 418 g/mol. The summed E-state index contributed by atoms with van der Waals surface area (Å²) in [5.41, 5.74) is -1.23. The van der Waals surface area contributed by atoms with E-state index in [0.29, 0.717) is 18.4 Å². The Labute approximate surface area is 175 Å². The molecule has 0 saturated heterocycles. The fourth-order valence-electron chi connectivity index (χ4n) is 1.92. The van der Waals surface area contributed by atoms with Gasteiger partial charge in [-0.2, -0.15) is 0 Å². The molecule has 0 aliphatic heterocycles. The molecule has 1 aromatic heterocycles. The zero-order valence-electron chi connectivity index (χ0n) is 21.0. The number of pyridine rings is 1. The van der Waals surface area contributed by atoms with Crippen LogP contribution in [0.4, 0.5) is 8.78 Å². The van der Waals surface area contributed by atoms with Crippen molar-refractivity contribution in [3.05, 3.63) is 52.2 Å². The molecule has 1 heterocycles. The second-order valence-electron chi connectivity index (χ2n) is 5.30. The first-order chi connectivity index (χ1) is 15.7. The van der Waals surface area contributed by atoms with Crippen LogP contribution in [0.15, 0.2) is 24.4 Å². The van der Waals surface area contributed by atoms with E-state index in [1.807, 2.05) is 0 Å². The number of rotatable bonds is 7. The van der Waals surface area contributed by atoms with Crippen molar-refractivity contribution in [1.82, 2.24) is 9.71 Å². The molecule has 28 heavy (non-hydrogen) atoms. The predicted molar refractivity (Wildman–Crippen MR) is 98.0 cm³/mol. The number of sulfonamides is 1. The van der Waals surface area contributed by atoms with E-state index in [9.17, 15) is 22.0 Å². The molecule has 1 N–H and O–H groups in total. The van der Waals surface area contributed by atoms with E-state index in [1.54, 1.807) is 0 Å². The highest BCUT2D eigenvalue weighted by Crippen LogP contribution is 2.27. The smallest absolute Gasteiger partial charge is 0.267 e. The number of amides is 1. The second-order valence-corrected chi connectivity index (χ2v) is 7.46. The van der Waals surface area contributed by atoms with Gasteiger partial charge in [-0.25, -0.2) is 26.9 Å². The van der Waals surface area contributed by atoms with Gasteiger partial charge in [0.2, 0.25) is 15.9 Å². The van der Waals surface area contributed by atoms with E-state index >= 15 is 0 Å². The molecule has 0 radical (unpaired) electrons. The van der Waals surface area contributed by atoms with Gasteiger partial charge in [0.15, 0.2) is 0 Å². The number of carbonyl (C=O) groups is 1. The zero-order valence-corrected chi connectivity index (χ0v) is 15.6. The van der Waals surface area contributed by atoms with Gasteiger partial charge in [0.25, 0.3) is 5.91 Å². The normalized spacial score (nSPS) is 16.4. The Balaban J connectivity index is 2.21. The number of aromatic nitrogens is 1. The molecule has 0 aliphatic rings. The summed E-state index contributed by atoms with van der Waals surface area (Å²) in [5, 5.41) is -0.438. The molecule has 0 unspecified atom stereocenters. The Hall–Kier alpha value is -2.46. The van der Waals surface area contributed by atoms with Gasteiger partial charge in [-0.1, -0.05) is 11.6 Å². The summed E-state index contributed by atoms with van der Waals surface area (Å²) in [5.74, 6) is -4.55.